The number of hydrogen-bond acceptors (Lipinski definition) is 3. The van der Waals surface area contributed by atoms with E-state index in [0.717, 1.165) is 15.6 Å². The van der Waals surface area contributed by atoms with Crippen LogP contribution in [0.3, 0.4) is 0 Å². The van der Waals surface area contributed by atoms with Gasteiger partial charge < -0.3 is 9.15 Å². The zero-order valence-corrected chi connectivity index (χ0v) is 16.3. The van der Waals surface area contributed by atoms with E-state index in [2.05, 4.69) is 15.9 Å². The molecule has 3 aromatic carbocycles. The van der Waals surface area contributed by atoms with Gasteiger partial charge in [0.05, 0.1) is 10.9 Å². The van der Waals surface area contributed by atoms with Crippen molar-refractivity contribution in [1.82, 2.24) is 0 Å². The van der Waals surface area contributed by atoms with Crippen molar-refractivity contribution < 1.29 is 9.15 Å². The van der Waals surface area contributed by atoms with Gasteiger partial charge in [-0.2, -0.15) is 0 Å². The average Bonchev–Trinajstić information content (AvgIpc) is 2.68. The molecule has 1 aromatic heterocycles. The summed E-state index contributed by atoms with van der Waals surface area (Å²) in [5.41, 5.74) is 3.04. The third-order valence-corrected chi connectivity index (χ3v) is 4.95. The van der Waals surface area contributed by atoms with E-state index in [1.807, 2.05) is 67.6 Å². The van der Waals surface area contributed by atoms with Crippen molar-refractivity contribution in [3.8, 4) is 16.9 Å². The van der Waals surface area contributed by atoms with Crippen LogP contribution in [0.15, 0.2) is 86.5 Å². The van der Waals surface area contributed by atoms with Crippen molar-refractivity contribution in [1.29, 1.82) is 0 Å². The summed E-state index contributed by atoms with van der Waals surface area (Å²) in [5.74, 6) is 1.27. The Bertz CT molecular complexity index is 1150. The molecule has 0 unspecified atom stereocenters. The van der Waals surface area contributed by atoms with Crippen LogP contribution in [0.4, 0.5) is 0 Å². The van der Waals surface area contributed by atoms with E-state index in [-0.39, 0.29) is 5.43 Å². The highest BCUT2D eigenvalue weighted by Crippen LogP contribution is 2.26. The number of ether oxygens (including phenoxy) is 1. The molecule has 0 atom stereocenters. The third-order valence-electron chi connectivity index (χ3n) is 4.42. The zero-order chi connectivity index (χ0) is 18.8. The molecular weight excluding hydrogens is 404 g/mol. The smallest absolute Gasteiger partial charge is 0.200 e. The van der Waals surface area contributed by atoms with Crippen LogP contribution in [0.2, 0.25) is 0 Å². The number of fused-ring (bicyclic) bond motifs is 1. The van der Waals surface area contributed by atoms with Crippen molar-refractivity contribution >= 4 is 26.9 Å². The van der Waals surface area contributed by atoms with Crippen LogP contribution in [0.1, 0.15) is 11.3 Å². The summed E-state index contributed by atoms with van der Waals surface area (Å²) in [6.07, 6.45) is 0. The standard InChI is InChI=1S/C23H17BrO3/c1-15-22(17-5-3-2-4-6-17)23(25)20-12-11-19(13-21(20)27-15)26-14-16-7-9-18(24)10-8-16/h2-13H,14H2,1H3. The van der Waals surface area contributed by atoms with E-state index in [1.54, 1.807) is 12.1 Å². The zero-order valence-electron chi connectivity index (χ0n) is 14.7. The minimum Gasteiger partial charge on any atom is -0.489 e. The molecule has 4 rings (SSSR count). The van der Waals surface area contributed by atoms with Gasteiger partial charge in [0.1, 0.15) is 23.7 Å². The molecular formula is C23H17BrO3. The predicted octanol–water partition coefficient (Wildman–Crippen LogP) is 6.11. The van der Waals surface area contributed by atoms with Crippen molar-refractivity contribution in [3.05, 3.63) is 98.8 Å². The van der Waals surface area contributed by atoms with Gasteiger partial charge in [0, 0.05) is 10.5 Å². The van der Waals surface area contributed by atoms with E-state index in [0.29, 0.717) is 34.6 Å². The quantitative estimate of drug-likeness (QED) is 0.399. The highest BCUT2D eigenvalue weighted by Gasteiger charge is 2.13. The fourth-order valence-electron chi connectivity index (χ4n) is 3.06. The normalized spacial score (nSPS) is 10.9. The molecule has 4 heteroatoms. The fraction of sp³-hybridized carbons (Fsp3) is 0.0870. The van der Waals surface area contributed by atoms with E-state index >= 15 is 0 Å². The lowest BCUT2D eigenvalue weighted by Crippen LogP contribution is -2.07. The molecule has 0 aliphatic rings. The molecule has 4 aromatic rings. The molecule has 0 N–H and O–H groups in total. The molecule has 0 amide bonds. The second kappa shape index (κ2) is 7.41. The third kappa shape index (κ3) is 3.67. The molecule has 0 saturated carbocycles. The number of rotatable bonds is 4. The minimum absolute atomic E-state index is 0.0283. The molecule has 134 valence electrons. The van der Waals surface area contributed by atoms with Crippen LogP contribution in [-0.4, -0.2) is 0 Å². The Labute approximate surface area is 165 Å². The molecule has 1 heterocycles. The molecule has 0 saturated heterocycles. The molecule has 0 radical (unpaired) electrons. The molecule has 27 heavy (non-hydrogen) atoms. The van der Waals surface area contributed by atoms with Gasteiger partial charge in [0.25, 0.3) is 0 Å². The second-order valence-corrected chi connectivity index (χ2v) is 7.22. The number of hydrogen-bond donors (Lipinski definition) is 0. The van der Waals surface area contributed by atoms with Crippen LogP contribution in [0.25, 0.3) is 22.1 Å². The Morgan fingerprint density at radius 1 is 0.963 bits per heavy atom. The summed E-state index contributed by atoms with van der Waals surface area (Å²) < 4.78 is 12.8. The Balaban J connectivity index is 1.67. The monoisotopic (exact) mass is 420 g/mol. The fourth-order valence-corrected chi connectivity index (χ4v) is 3.33. The van der Waals surface area contributed by atoms with Crippen LogP contribution in [0, 0.1) is 6.92 Å². The summed E-state index contributed by atoms with van der Waals surface area (Å²) in [6, 6.07) is 22.9. The molecule has 0 fully saturated rings. The molecule has 0 aliphatic heterocycles. The Kier molecular flexibility index (Phi) is 4.82. The SMILES string of the molecule is Cc1oc2cc(OCc3ccc(Br)cc3)ccc2c(=O)c1-c1ccccc1. The predicted molar refractivity (Wildman–Crippen MR) is 111 cm³/mol. The first-order valence-electron chi connectivity index (χ1n) is 8.62. The van der Waals surface area contributed by atoms with Gasteiger partial charge in [0.15, 0.2) is 0 Å². The Morgan fingerprint density at radius 3 is 2.44 bits per heavy atom. The van der Waals surface area contributed by atoms with Gasteiger partial charge in [-0.05, 0) is 42.3 Å². The van der Waals surface area contributed by atoms with Crippen molar-refractivity contribution in [2.45, 2.75) is 13.5 Å². The van der Waals surface area contributed by atoms with E-state index in [9.17, 15) is 4.79 Å². The van der Waals surface area contributed by atoms with E-state index in [4.69, 9.17) is 9.15 Å². The van der Waals surface area contributed by atoms with Gasteiger partial charge in [-0.3, -0.25) is 4.79 Å². The van der Waals surface area contributed by atoms with Crippen LogP contribution in [-0.2, 0) is 6.61 Å². The lowest BCUT2D eigenvalue weighted by atomic mass is 10.0. The van der Waals surface area contributed by atoms with Crippen LogP contribution >= 0.6 is 15.9 Å². The number of halogens is 1. The first kappa shape index (κ1) is 17.6. The van der Waals surface area contributed by atoms with Gasteiger partial charge in [0.2, 0.25) is 5.43 Å². The van der Waals surface area contributed by atoms with Gasteiger partial charge in [-0.1, -0.05) is 58.4 Å². The Morgan fingerprint density at radius 2 is 1.70 bits per heavy atom. The first-order chi connectivity index (χ1) is 13.1. The van der Waals surface area contributed by atoms with Crippen LogP contribution < -0.4 is 10.2 Å². The summed E-state index contributed by atoms with van der Waals surface area (Å²) in [7, 11) is 0. The lowest BCUT2D eigenvalue weighted by molar-refractivity contribution is 0.306. The Hall–Kier alpha value is -2.85. The highest BCUT2D eigenvalue weighted by atomic mass is 79.9. The van der Waals surface area contributed by atoms with E-state index < -0.39 is 0 Å². The highest BCUT2D eigenvalue weighted by molar-refractivity contribution is 9.10. The lowest BCUT2D eigenvalue weighted by Gasteiger charge is -2.10. The summed E-state index contributed by atoms with van der Waals surface area (Å²) in [5, 5.41) is 0.551. The topological polar surface area (TPSA) is 39.4 Å². The maximum Gasteiger partial charge on any atom is 0.200 e. The van der Waals surface area contributed by atoms with Crippen molar-refractivity contribution in [2.75, 3.05) is 0 Å². The minimum atomic E-state index is -0.0283. The summed E-state index contributed by atoms with van der Waals surface area (Å²) in [4.78, 5) is 13.0. The first-order valence-corrected chi connectivity index (χ1v) is 9.41. The molecule has 0 bridgehead atoms. The summed E-state index contributed by atoms with van der Waals surface area (Å²) in [6.45, 7) is 2.27. The van der Waals surface area contributed by atoms with Crippen molar-refractivity contribution in [3.63, 3.8) is 0 Å². The molecule has 3 nitrogen and oxygen atoms in total. The second-order valence-electron chi connectivity index (χ2n) is 6.30. The average molecular weight is 421 g/mol. The number of aryl methyl sites for hydroxylation is 1. The maximum absolute atomic E-state index is 13.0. The van der Waals surface area contributed by atoms with E-state index in [1.165, 1.54) is 0 Å². The molecule has 0 aliphatic carbocycles. The number of benzene rings is 3. The molecule has 0 spiro atoms. The van der Waals surface area contributed by atoms with Crippen LogP contribution in [0.5, 0.6) is 5.75 Å². The van der Waals surface area contributed by atoms with Crippen molar-refractivity contribution in [2.24, 2.45) is 0 Å². The summed E-state index contributed by atoms with van der Waals surface area (Å²) >= 11 is 3.42. The van der Waals surface area contributed by atoms with Gasteiger partial charge in [-0.25, -0.2) is 0 Å². The van der Waals surface area contributed by atoms with Gasteiger partial charge >= 0.3 is 0 Å². The van der Waals surface area contributed by atoms with Gasteiger partial charge in [-0.15, -0.1) is 0 Å². The maximum atomic E-state index is 13.0. The largest absolute Gasteiger partial charge is 0.489 e.